The molecule has 1 heterocycles. The number of hydrogen-bond acceptors (Lipinski definition) is 3. The van der Waals surface area contributed by atoms with E-state index in [1.165, 1.54) is 12.8 Å². The van der Waals surface area contributed by atoms with Crippen molar-refractivity contribution in [2.75, 3.05) is 13.7 Å². The van der Waals surface area contributed by atoms with E-state index >= 15 is 0 Å². The Hall–Kier alpha value is -0.610. The van der Waals surface area contributed by atoms with Crippen LogP contribution in [-0.2, 0) is 9.53 Å². The number of carbonyl (C=O) groups excluding carboxylic acids is 1. The highest BCUT2D eigenvalue weighted by Gasteiger charge is 2.28. The van der Waals surface area contributed by atoms with Gasteiger partial charge in [0.15, 0.2) is 0 Å². The van der Waals surface area contributed by atoms with E-state index in [4.69, 9.17) is 4.74 Å². The Bertz CT molecular complexity index is 283. The van der Waals surface area contributed by atoms with Crippen LogP contribution in [0.5, 0.6) is 0 Å². The Labute approximate surface area is 110 Å². The molecule has 4 unspecified atom stereocenters. The largest absolute Gasteiger partial charge is 0.381 e. The van der Waals surface area contributed by atoms with Crippen LogP contribution in [0.15, 0.2) is 0 Å². The molecule has 0 spiro atoms. The predicted octanol–water partition coefficient (Wildman–Crippen LogP) is 1.45. The number of piperidine rings is 1. The minimum Gasteiger partial charge on any atom is -0.381 e. The number of carbonyl (C=O) groups is 1. The zero-order valence-electron chi connectivity index (χ0n) is 11.6. The van der Waals surface area contributed by atoms with Gasteiger partial charge < -0.3 is 15.4 Å². The molecule has 2 rings (SSSR count). The summed E-state index contributed by atoms with van der Waals surface area (Å²) in [5.74, 6) is 0.808. The van der Waals surface area contributed by atoms with Gasteiger partial charge in [-0.3, -0.25) is 4.79 Å². The van der Waals surface area contributed by atoms with Gasteiger partial charge in [-0.1, -0.05) is 6.92 Å². The van der Waals surface area contributed by atoms with E-state index in [0.717, 1.165) is 25.8 Å². The summed E-state index contributed by atoms with van der Waals surface area (Å²) >= 11 is 0. The number of methoxy groups -OCH3 is 1. The third-order valence-electron chi connectivity index (χ3n) is 4.42. The van der Waals surface area contributed by atoms with Gasteiger partial charge in [-0.15, -0.1) is 0 Å². The first kappa shape index (κ1) is 13.8. The van der Waals surface area contributed by atoms with Gasteiger partial charge in [-0.2, -0.15) is 0 Å². The summed E-state index contributed by atoms with van der Waals surface area (Å²) < 4.78 is 5.33. The molecule has 0 aromatic heterocycles. The second-order valence-corrected chi connectivity index (χ2v) is 5.82. The summed E-state index contributed by atoms with van der Waals surface area (Å²) in [5.41, 5.74) is 0. The van der Waals surface area contributed by atoms with Gasteiger partial charge in [0.25, 0.3) is 0 Å². The first-order valence-corrected chi connectivity index (χ1v) is 7.24. The molecule has 4 nitrogen and oxygen atoms in total. The van der Waals surface area contributed by atoms with Crippen molar-refractivity contribution in [2.24, 2.45) is 5.92 Å². The molecule has 104 valence electrons. The van der Waals surface area contributed by atoms with E-state index in [9.17, 15) is 4.79 Å². The van der Waals surface area contributed by atoms with E-state index in [0.29, 0.717) is 30.5 Å². The molecule has 2 aliphatic rings. The van der Waals surface area contributed by atoms with Gasteiger partial charge in [0.05, 0.1) is 6.10 Å². The van der Waals surface area contributed by atoms with Gasteiger partial charge in [-0.05, 0) is 44.6 Å². The molecular formula is C14H26N2O2. The lowest BCUT2D eigenvalue weighted by molar-refractivity contribution is -0.122. The zero-order valence-corrected chi connectivity index (χ0v) is 11.6. The average Bonchev–Trinajstić information content (AvgIpc) is 2.80. The fraction of sp³-hybridized carbons (Fsp3) is 0.929. The number of ether oxygens (including phenoxy) is 1. The fourth-order valence-electron chi connectivity index (χ4n) is 3.16. The van der Waals surface area contributed by atoms with Gasteiger partial charge in [-0.25, -0.2) is 0 Å². The topological polar surface area (TPSA) is 50.4 Å². The fourth-order valence-corrected chi connectivity index (χ4v) is 3.16. The Morgan fingerprint density at radius 3 is 2.89 bits per heavy atom. The molecule has 1 aliphatic carbocycles. The normalized spacial score (nSPS) is 36.6. The van der Waals surface area contributed by atoms with Crippen LogP contribution in [0.2, 0.25) is 0 Å². The lowest BCUT2D eigenvalue weighted by atomic mass is 9.90. The molecule has 0 aromatic carbocycles. The molecule has 0 aromatic rings. The maximum absolute atomic E-state index is 12.0. The van der Waals surface area contributed by atoms with Crippen molar-refractivity contribution in [1.82, 2.24) is 10.6 Å². The molecular weight excluding hydrogens is 228 g/mol. The smallest absolute Gasteiger partial charge is 0.221 e. The molecule has 1 saturated carbocycles. The van der Waals surface area contributed by atoms with E-state index in [1.54, 1.807) is 7.11 Å². The van der Waals surface area contributed by atoms with Crippen LogP contribution in [-0.4, -0.2) is 37.7 Å². The van der Waals surface area contributed by atoms with Gasteiger partial charge in [0.2, 0.25) is 5.91 Å². The van der Waals surface area contributed by atoms with Crippen molar-refractivity contribution in [2.45, 2.75) is 63.6 Å². The van der Waals surface area contributed by atoms with Crippen molar-refractivity contribution < 1.29 is 9.53 Å². The minimum atomic E-state index is 0.197. The van der Waals surface area contributed by atoms with Crippen LogP contribution in [0.25, 0.3) is 0 Å². The first-order chi connectivity index (χ1) is 8.69. The summed E-state index contributed by atoms with van der Waals surface area (Å²) in [7, 11) is 1.75. The Morgan fingerprint density at radius 1 is 1.39 bits per heavy atom. The molecule has 0 radical (unpaired) electrons. The zero-order chi connectivity index (χ0) is 13.0. The summed E-state index contributed by atoms with van der Waals surface area (Å²) in [6.07, 6.45) is 6.52. The van der Waals surface area contributed by atoms with Gasteiger partial charge in [0, 0.05) is 25.6 Å². The Kier molecular flexibility index (Phi) is 5.01. The van der Waals surface area contributed by atoms with Crippen molar-refractivity contribution in [3.63, 3.8) is 0 Å². The number of hydrogen-bond donors (Lipinski definition) is 2. The summed E-state index contributed by atoms with van der Waals surface area (Å²) in [5, 5.41) is 6.61. The highest BCUT2D eigenvalue weighted by atomic mass is 16.5. The molecule has 1 saturated heterocycles. The standard InChI is InChI=1S/C14H26N2O2/c1-10-4-3-7-15-13(10)9-14(17)16-11-5-6-12(8-11)18-2/h10-13,15H,3-9H2,1-2H3,(H,16,17). The van der Waals surface area contributed by atoms with Crippen molar-refractivity contribution in [3.05, 3.63) is 0 Å². The molecule has 18 heavy (non-hydrogen) atoms. The van der Waals surface area contributed by atoms with E-state index in [1.807, 2.05) is 0 Å². The van der Waals surface area contributed by atoms with Crippen LogP contribution in [0.3, 0.4) is 0 Å². The lowest BCUT2D eigenvalue weighted by Crippen LogP contribution is -2.45. The van der Waals surface area contributed by atoms with Crippen LogP contribution in [0.1, 0.15) is 45.4 Å². The van der Waals surface area contributed by atoms with E-state index in [2.05, 4.69) is 17.6 Å². The molecule has 2 fully saturated rings. The second kappa shape index (κ2) is 6.53. The van der Waals surface area contributed by atoms with Crippen molar-refractivity contribution in [3.8, 4) is 0 Å². The summed E-state index contributed by atoms with van der Waals surface area (Å²) in [6.45, 7) is 3.29. The maximum Gasteiger partial charge on any atom is 0.221 e. The third-order valence-corrected chi connectivity index (χ3v) is 4.42. The number of rotatable bonds is 4. The average molecular weight is 254 g/mol. The monoisotopic (exact) mass is 254 g/mol. The SMILES string of the molecule is COC1CCC(NC(=O)CC2NCCCC2C)C1. The van der Waals surface area contributed by atoms with Crippen LogP contribution < -0.4 is 10.6 Å². The van der Waals surface area contributed by atoms with Crippen molar-refractivity contribution in [1.29, 1.82) is 0 Å². The van der Waals surface area contributed by atoms with Crippen LogP contribution >= 0.6 is 0 Å². The molecule has 2 N–H and O–H groups in total. The number of amides is 1. The molecule has 4 atom stereocenters. The minimum absolute atomic E-state index is 0.197. The maximum atomic E-state index is 12.0. The quantitative estimate of drug-likeness (QED) is 0.798. The first-order valence-electron chi connectivity index (χ1n) is 7.24. The Balaban J connectivity index is 1.71. The summed E-state index contributed by atoms with van der Waals surface area (Å²) in [6, 6.07) is 0.680. The molecule has 1 aliphatic heterocycles. The Morgan fingerprint density at radius 2 is 2.22 bits per heavy atom. The lowest BCUT2D eigenvalue weighted by Gasteiger charge is -2.30. The highest BCUT2D eigenvalue weighted by Crippen LogP contribution is 2.22. The van der Waals surface area contributed by atoms with E-state index < -0.39 is 0 Å². The molecule has 4 heteroatoms. The van der Waals surface area contributed by atoms with Gasteiger partial charge >= 0.3 is 0 Å². The van der Waals surface area contributed by atoms with Crippen LogP contribution in [0, 0.1) is 5.92 Å². The van der Waals surface area contributed by atoms with Crippen LogP contribution in [0.4, 0.5) is 0 Å². The predicted molar refractivity (Wildman–Crippen MR) is 71.4 cm³/mol. The number of nitrogens with one attached hydrogen (secondary N) is 2. The highest BCUT2D eigenvalue weighted by molar-refractivity contribution is 5.77. The molecule has 1 amide bonds. The van der Waals surface area contributed by atoms with E-state index in [-0.39, 0.29) is 5.91 Å². The van der Waals surface area contributed by atoms with Crippen molar-refractivity contribution >= 4 is 5.91 Å². The summed E-state index contributed by atoms with van der Waals surface area (Å²) in [4.78, 5) is 12.0. The van der Waals surface area contributed by atoms with Gasteiger partial charge in [0.1, 0.15) is 0 Å². The third kappa shape index (κ3) is 3.69. The second-order valence-electron chi connectivity index (χ2n) is 5.82. The molecule has 0 bridgehead atoms.